The van der Waals surface area contributed by atoms with E-state index in [0.717, 1.165) is 25.6 Å². The van der Waals surface area contributed by atoms with Crippen LogP contribution in [-0.2, 0) is 9.47 Å². The summed E-state index contributed by atoms with van der Waals surface area (Å²) in [6.45, 7) is 4.97. The van der Waals surface area contributed by atoms with Crippen molar-refractivity contribution in [3.63, 3.8) is 0 Å². The first kappa shape index (κ1) is 14.3. The molecule has 2 aliphatic rings. The van der Waals surface area contributed by atoms with E-state index < -0.39 is 0 Å². The van der Waals surface area contributed by atoms with Crippen LogP contribution in [0.5, 0.6) is 0 Å². The predicted molar refractivity (Wildman–Crippen MR) is 72.6 cm³/mol. The predicted octanol–water partition coefficient (Wildman–Crippen LogP) is 1.24. The molecule has 4 unspecified atom stereocenters. The third kappa shape index (κ3) is 2.20. The number of hydrogen-bond donors (Lipinski definition) is 1. The maximum Gasteiger partial charge on any atom is 0.0972 e. The lowest BCUT2D eigenvalue weighted by atomic mass is 9.83. The lowest BCUT2D eigenvalue weighted by Crippen LogP contribution is -2.55. The number of likely N-dealkylation sites (tertiary alicyclic amines) is 1. The quantitative estimate of drug-likeness (QED) is 0.804. The SMILES string of the molecule is CCC1CCCC1(CN)N1CC(OC)C(OC)C1. The van der Waals surface area contributed by atoms with Gasteiger partial charge in [0, 0.05) is 39.4 Å². The van der Waals surface area contributed by atoms with Crippen molar-refractivity contribution in [3.8, 4) is 0 Å². The second kappa shape index (κ2) is 5.87. The van der Waals surface area contributed by atoms with Crippen LogP contribution >= 0.6 is 0 Å². The molecule has 4 atom stereocenters. The monoisotopic (exact) mass is 256 g/mol. The number of nitrogens with two attached hydrogens (primary N) is 1. The van der Waals surface area contributed by atoms with Crippen molar-refractivity contribution in [2.45, 2.75) is 50.4 Å². The Morgan fingerprint density at radius 3 is 2.28 bits per heavy atom. The summed E-state index contributed by atoms with van der Waals surface area (Å²) < 4.78 is 11.1. The first-order valence-electron chi connectivity index (χ1n) is 7.22. The van der Waals surface area contributed by atoms with Gasteiger partial charge in [-0.05, 0) is 18.8 Å². The van der Waals surface area contributed by atoms with Gasteiger partial charge in [-0.25, -0.2) is 0 Å². The van der Waals surface area contributed by atoms with Crippen molar-refractivity contribution < 1.29 is 9.47 Å². The van der Waals surface area contributed by atoms with Gasteiger partial charge in [-0.1, -0.05) is 19.8 Å². The topological polar surface area (TPSA) is 47.7 Å². The Labute approximate surface area is 111 Å². The molecular formula is C14H28N2O2. The van der Waals surface area contributed by atoms with Crippen LogP contribution in [0.2, 0.25) is 0 Å². The molecule has 0 spiro atoms. The third-order valence-electron chi connectivity index (χ3n) is 5.22. The van der Waals surface area contributed by atoms with Crippen LogP contribution in [0.1, 0.15) is 32.6 Å². The minimum absolute atomic E-state index is 0.191. The van der Waals surface area contributed by atoms with Crippen molar-refractivity contribution in [1.82, 2.24) is 4.90 Å². The highest BCUT2D eigenvalue weighted by molar-refractivity contribution is 5.05. The molecule has 1 saturated carbocycles. The summed E-state index contributed by atoms with van der Waals surface area (Å²) in [5.41, 5.74) is 6.36. The van der Waals surface area contributed by atoms with Gasteiger partial charge in [0.1, 0.15) is 0 Å². The fraction of sp³-hybridized carbons (Fsp3) is 1.00. The van der Waals surface area contributed by atoms with Gasteiger partial charge < -0.3 is 15.2 Å². The summed E-state index contributed by atoms with van der Waals surface area (Å²) in [7, 11) is 3.56. The van der Waals surface area contributed by atoms with Crippen LogP contribution < -0.4 is 5.73 Å². The zero-order valence-corrected chi connectivity index (χ0v) is 12.0. The Morgan fingerprint density at radius 1 is 1.22 bits per heavy atom. The Balaban J connectivity index is 2.14. The van der Waals surface area contributed by atoms with Crippen molar-refractivity contribution >= 4 is 0 Å². The van der Waals surface area contributed by atoms with E-state index in [0.29, 0.717) is 0 Å². The van der Waals surface area contributed by atoms with E-state index in [-0.39, 0.29) is 17.7 Å². The molecule has 2 rings (SSSR count). The van der Waals surface area contributed by atoms with Crippen molar-refractivity contribution in [3.05, 3.63) is 0 Å². The van der Waals surface area contributed by atoms with Gasteiger partial charge in [0.2, 0.25) is 0 Å². The molecule has 4 heteroatoms. The number of rotatable bonds is 5. The Morgan fingerprint density at radius 2 is 1.83 bits per heavy atom. The molecule has 0 aromatic heterocycles. The molecule has 1 aliphatic carbocycles. The van der Waals surface area contributed by atoms with E-state index in [1.54, 1.807) is 14.2 Å². The molecule has 1 aliphatic heterocycles. The van der Waals surface area contributed by atoms with Crippen LogP contribution in [0.3, 0.4) is 0 Å². The summed E-state index contributed by atoms with van der Waals surface area (Å²) in [5, 5.41) is 0. The molecule has 18 heavy (non-hydrogen) atoms. The molecule has 1 saturated heterocycles. The van der Waals surface area contributed by atoms with Crippen LogP contribution in [0.4, 0.5) is 0 Å². The Hall–Kier alpha value is -0.160. The maximum absolute atomic E-state index is 6.17. The number of hydrogen-bond acceptors (Lipinski definition) is 4. The largest absolute Gasteiger partial charge is 0.377 e. The molecule has 0 amide bonds. The zero-order chi connectivity index (χ0) is 13.2. The van der Waals surface area contributed by atoms with Crippen molar-refractivity contribution in [2.75, 3.05) is 33.9 Å². The van der Waals surface area contributed by atoms with Gasteiger partial charge in [-0.15, -0.1) is 0 Å². The molecule has 0 bridgehead atoms. The van der Waals surface area contributed by atoms with Gasteiger partial charge in [-0.3, -0.25) is 4.90 Å². The van der Waals surface area contributed by atoms with E-state index in [4.69, 9.17) is 15.2 Å². The van der Waals surface area contributed by atoms with Crippen LogP contribution in [0.25, 0.3) is 0 Å². The van der Waals surface area contributed by atoms with Gasteiger partial charge in [0.05, 0.1) is 12.2 Å². The van der Waals surface area contributed by atoms with E-state index >= 15 is 0 Å². The summed E-state index contributed by atoms with van der Waals surface area (Å²) in [6.07, 6.45) is 5.46. The highest BCUT2D eigenvalue weighted by Gasteiger charge is 2.49. The number of methoxy groups -OCH3 is 2. The summed E-state index contributed by atoms with van der Waals surface area (Å²) in [6, 6.07) is 0. The van der Waals surface area contributed by atoms with Crippen molar-refractivity contribution in [1.29, 1.82) is 0 Å². The number of nitrogens with zero attached hydrogens (tertiary/aromatic N) is 1. The number of ether oxygens (including phenoxy) is 2. The second-order valence-electron chi connectivity index (χ2n) is 5.76. The fourth-order valence-corrected chi connectivity index (χ4v) is 4.09. The maximum atomic E-state index is 6.17. The lowest BCUT2D eigenvalue weighted by Gasteiger charge is -2.42. The van der Waals surface area contributed by atoms with Crippen LogP contribution in [0.15, 0.2) is 0 Å². The second-order valence-corrected chi connectivity index (χ2v) is 5.76. The zero-order valence-electron chi connectivity index (χ0n) is 12.0. The van der Waals surface area contributed by atoms with Crippen LogP contribution in [0, 0.1) is 5.92 Å². The van der Waals surface area contributed by atoms with Gasteiger partial charge in [0.15, 0.2) is 0 Å². The molecule has 106 valence electrons. The summed E-state index contributed by atoms with van der Waals surface area (Å²) in [5.74, 6) is 0.732. The molecule has 2 fully saturated rings. The van der Waals surface area contributed by atoms with E-state index in [1.165, 1.54) is 25.7 Å². The fourth-order valence-electron chi connectivity index (χ4n) is 4.09. The van der Waals surface area contributed by atoms with Gasteiger partial charge in [-0.2, -0.15) is 0 Å². The van der Waals surface area contributed by atoms with E-state index in [1.807, 2.05) is 0 Å². The van der Waals surface area contributed by atoms with Gasteiger partial charge in [0.25, 0.3) is 0 Å². The standard InChI is InChI=1S/C14H28N2O2/c1-4-11-6-5-7-14(11,10-15)16-8-12(17-2)13(9-16)18-3/h11-13H,4-10,15H2,1-3H3. The molecule has 0 radical (unpaired) electrons. The highest BCUT2D eigenvalue weighted by atomic mass is 16.5. The van der Waals surface area contributed by atoms with Crippen molar-refractivity contribution in [2.24, 2.45) is 11.7 Å². The minimum Gasteiger partial charge on any atom is -0.377 e. The smallest absolute Gasteiger partial charge is 0.0972 e. The highest BCUT2D eigenvalue weighted by Crippen LogP contribution is 2.43. The average Bonchev–Trinajstić information content (AvgIpc) is 3.01. The molecule has 4 nitrogen and oxygen atoms in total. The van der Waals surface area contributed by atoms with Crippen LogP contribution in [-0.4, -0.2) is 56.5 Å². The first-order chi connectivity index (χ1) is 8.71. The Kier molecular flexibility index (Phi) is 4.64. The molecule has 0 aromatic rings. The molecule has 0 aromatic carbocycles. The van der Waals surface area contributed by atoms with E-state index in [2.05, 4.69) is 11.8 Å². The normalized spacial score (nSPS) is 41.7. The third-order valence-corrected chi connectivity index (χ3v) is 5.22. The Bertz CT molecular complexity index is 263. The van der Waals surface area contributed by atoms with Gasteiger partial charge >= 0.3 is 0 Å². The summed E-state index contributed by atoms with van der Waals surface area (Å²) in [4.78, 5) is 2.55. The molecular weight excluding hydrogens is 228 g/mol. The average molecular weight is 256 g/mol. The summed E-state index contributed by atoms with van der Waals surface area (Å²) >= 11 is 0. The molecule has 1 heterocycles. The first-order valence-corrected chi connectivity index (χ1v) is 7.22. The van der Waals surface area contributed by atoms with E-state index in [9.17, 15) is 0 Å². The molecule has 2 N–H and O–H groups in total. The minimum atomic E-state index is 0.191. The lowest BCUT2D eigenvalue weighted by molar-refractivity contribution is -0.00461.